The van der Waals surface area contributed by atoms with Gasteiger partial charge < -0.3 is 5.11 Å². The molecule has 1 aliphatic rings. The van der Waals surface area contributed by atoms with Gasteiger partial charge in [0.05, 0.1) is 10.6 Å². The quantitative estimate of drug-likeness (QED) is 0.756. The lowest BCUT2D eigenvalue weighted by Crippen LogP contribution is -2.36. The molecule has 0 spiro atoms. The molecule has 4 heteroatoms. The monoisotopic (exact) mass is 238 g/mol. The van der Waals surface area contributed by atoms with E-state index in [0.29, 0.717) is 11.1 Å². The van der Waals surface area contributed by atoms with Crippen molar-refractivity contribution in [3.05, 3.63) is 42.0 Å². The van der Waals surface area contributed by atoms with Crippen molar-refractivity contribution in [2.75, 3.05) is 5.75 Å². The van der Waals surface area contributed by atoms with E-state index in [9.17, 15) is 13.5 Å². The fraction of sp³-hybridized carbons (Fsp3) is 0.333. The van der Waals surface area contributed by atoms with Crippen LogP contribution in [0.3, 0.4) is 0 Å². The molecular formula is C12H14O3S. The molecule has 1 aromatic carbocycles. The van der Waals surface area contributed by atoms with Gasteiger partial charge >= 0.3 is 0 Å². The minimum Gasteiger partial charge on any atom is -0.381 e. The Balaban J connectivity index is 2.74. The second-order valence-corrected chi connectivity index (χ2v) is 6.28. The standard InChI is InChI=1S/C12H14O3S/c1-9(2)12(13)7-8-16(14,15)11-6-4-3-5-10(11)12/h3-6,13H,1,7-8H2,2H3. The molecule has 0 saturated heterocycles. The largest absolute Gasteiger partial charge is 0.381 e. The number of aliphatic hydroxyl groups is 1. The molecule has 2 rings (SSSR count). The average molecular weight is 238 g/mol. The summed E-state index contributed by atoms with van der Waals surface area (Å²) in [5.41, 5.74) is -0.175. The molecule has 0 fully saturated rings. The first-order valence-corrected chi connectivity index (χ1v) is 6.74. The molecule has 1 aliphatic heterocycles. The highest BCUT2D eigenvalue weighted by molar-refractivity contribution is 7.91. The molecular weight excluding hydrogens is 224 g/mol. The second-order valence-electron chi connectivity index (χ2n) is 4.21. The molecule has 16 heavy (non-hydrogen) atoms. The van der Waals surface area contributed by atoms with E-state index in [1.54, 1.807) is 25.1 Å². The van der Waals surface area contributed by atoms with Crippen molar-refractivity contribution in [2.45, 2.75) is 23.8 Å². The first-order valence-electron chi connectivity index (χ1n) is 5.08. The van der Waals surface area contributed by atoms with Gasteiger partial charge in [0.25, 0.3) is 0 Å². The van der Waals surface area contributed by atoms with Crippen molar-refractivity contribution in [1.29, 1.82) is 0 Å². The highest BCUT2D eigenvalue weighted by atomic mass is 32.2. The van der Waals surface area contributed by atoms with E-state index in [1.165, 1.54) is 6.07 Å². The lowest BCUT2D eigenvalue weighted by atomic mass is 9.85. The van der Waals surface area contributed by atoms with Crippen molar-refractivity contribution in [2.24, 2.45) is 0 Å². The van der Waals surface area contributed by atoms with E-state index in [-0.39, 0.29) is 17.1 Å². The van der Waals surface area contributed by atoms with Gasteiger partial charge in [0.15, 0.2) is 9.84 Å². The van der Waals surface area contributed by atoms with Gasteiger partial charge in [0, 0.05) is 5.56 Å². The number of rotatable bonds is 1. The van der Waals surface area contributed by atoms with Crippen LogP contribution in [0.25, 0.3) is 0 Å². The predicted octanol–water partition coefficient (Wildman–Crippen LogP) is 1.63. The number of hydrogen-bond acceptors (Lipinski definition) is 3. The van der Waals surface area contributed by atoms with Gasteiger partial charge in [0.2, 0.25) is 0 Å². The minimum absolute atomic E-state index is 0.0344. The Morgan fingerprint density at radius 3 is 2.69 bits per heavy atom. The van der Waals surface area contributed by atoms with Crippen LogP contribution in [0, 0.1) is 0 Å². The second kappa shape index (κ2) is 3.43. The van der Waals surface area contributed by atoms with Gasteiger partial charge in [-0.3, -0.25) is 0 Å². The normalized spacial score (nSPS) is 27.1. The Bertz CT molecular complexity index is 545. The minimum atomic E-state index is -3.25. The summed E-state index contributed by atoms with van der Waals surface area (Å²) in [7, 11) is -3.25. The smallest absolute Gasteiger partial charge is 0.178 e. The highest BCUT2D eigenvalue weighted by Gasteiger charge is 2.40. The first kappa shape index (κ1) is 11.4. The third-order valence-corrected chi connectivity index (χ3v) is 4.87. The summed E-state index contributed by atoms with van der Waals surface area (Å²) in [5.74, 6) is -0.0344. The molecule has 1 atom stereocenters. The molecule has 0 aromatic heterocycles. The van der Waals surface area contributed by atoms with E-state index in [0.717, 1.165) is 0 Å². The van der Waals surface area contributed by atoms with Crippen LogP contribution in [0.1, 0.15) is 18.9 Å². The molecule has 0 saturated carbocycles. The fourth-order valence-electron chi connectivity index (χ4n) is 2.05. The van der Waals surface area contributed by atoms with Crippen molar-refractivity contribution in [3.8, 4) is 0 Å². The van der Waals surface area contributed by atoms with Gasteiger partial charge in [-0.15, -0.1) is 0 Å². The van der Waals surface area contributed by atoms with Gasteiger partial charge in [-0.05, 0) is 25.0 Å². The number of sulfone groups is 1. The topological polar surface area (TPSA) is 54.4 Å². The van der Waals surface area contributed by atoms with E-state index in [2.05, 4.69) is 6.58 Å². The summed E-state index contributed by atoms with van der Waals surface area (Å²) in [4.78, 5) is 0.228. The Kier molecular flexibility index (Phi) is 2.44. The average Bonchev–Trinajstić information content (AvgIpc) is 2.24. The van der Waals surface area contributed by atoms with Crippen LogP contribution in [0.5, 0.6) is 0 Å². The first-order chi connectivity index (χ1) is 7.38. The van der Waals surface area contributed by atoms with Crippen LogP contribution in [-0.2, 0) is 15.4 Å². The van der Waals surface area contributed by atoms with E-state index in [4.69, 9.17) is 0 Å². The van der Waals surface area contributed by atoms with Crippen molar-refractivity contribution in [1.82, 2.24) is 0 Å². The van der Waals surface area contributed by atoms with Crippen LogP contribution < -0.4 is 0 Å². The molecule has 0 amide bonds. The Labute approximate surface area is 95.3 Å². The Morgan fingerprint density at radius 1 is 1.44 bits per heavy atom. The van der Waals surface area contributed by atoms with Crippen LogP contribution in [-0.4, -0.2) is 19.3 Å². The summed E-state index contributed by atoms with van der Waals surface area (Å²) < 4.78 is 23.7. The molecule has 3 nitrogen and oxygen atoms in total. The Hall–Kier alpha value is -1.13. The van der Waals surface area contributed by atoms with Gasteiger partial charge in [0.1, 0.15) is 5.60 Å². The summed E-state index contributed by atoms with van der Waals surface area (Å²) in [6, 6.07) is 6.59. The van der Waals surface area contributed by atoms with E-state index in [1.807, 2.05) is 0 Å². The van der Waals surface area contributed by atoms with Crippen LogP contribution in [0.4, 0.5) is 0 Å². The zero-order chi connectivity index (χ0) is 12.0. The maximum atomic E-state index is 11.8. The SMILES string of the molecule is C=C(C)C1(O)CCS(=O)(=O)c2ccccc21. The van der Waals surface area contributed by atoms with Crippen LogP contribution in [0.15, 0.2) is 41.3 Å². The van der Waals surface area contributed by atoms with Gasteiger partial charge in [-0.1, -0.05) is 24.8 Å². The molecule has 1 unspecified atom stereocenters. The van der Waals surface area contributed by atoms with Crippen molar-refractivity contribution in [3.63, 3.8) is 0 Å². The maximum absolute atomic E-state index is 11.8. The number of hydrogen-bond donors (Lipinski definition) is 1. The van der Waals surface area contributed by atoms with E-state index < -0.39 is 15.4 Å². The molecule has 1 aromatic rings. The van der Waals surface area contributed by atoms with Crippen molar-refractivity contribution >= 4 is 9.84 Å². The lowest BCUT2D eigenvalue weighted by molar-refractivity contribution is 0.0678. The number of fused-ring (bicyclic) bond motifs is 1. The highest BCUT2D eigenvalue weighted by Crippen LogP contribution is 2.40. The third-order valence-electron chi connectivity index (χ3n) is 3.11. The number of benzene rings is 1. The molecule has 0 radical (unpaired) electrons. The van der Waals surface area contributed by atoms with Crippen LogP contribution in [0.2, 0.25) is 0 Å². The summed E-state index contributed by atoms with van der Waals surface area (Å²) in [6.45, 7) is 5.47. The zero-order valence-corrected chi connectivity index (χ0v) is 9.92. The predicted molar refractivity (Wildman–Crippen MR) is 61.8 cm³/mol. The molecule has 86 valence electrons. The molecule has 1 N–H and O–H groups in total. The lowest BCUT2D eigenvalue weighted by Gasteiger charge is -2.34. The fourth-order valence-corrected chi connectivity index (χ4v) is 3.69. The maximum Gasteiger partial charge on any atom is 0.178 e. The molecule has 1 heterocycles. The van der Waals surface area contributed by atoms with Gasteiger partial charge in [-0.25, -0.2) is 8.42 Å². The third kappa shape index (κ3) is 1.49. The van der Waals surface area contributed by atoms with E-state index >= 15 is 0 Å². The summed E-state index contributed by atoms with van der Waals surface area (Å²) in [5, 5.41) is 10.5. The van der Waals surface area contributed by atoms with Crippen LogP contribution >= 0.6 is 0 Å². The molecule has 0 bridgehead atoms. The summed E-state index contributed by atoms with van der Waals surface area (Å²) in [6.07, 6.45) is 0.182. The van der Waals surface area contributed by atoms with Gasteiger partial charge in [-0.2, -0.15) is 0 Å². The zero-order valence-electron chi connectivity index (χ0n) is 9.10. The summed E-state index contributed by atoms with van der Waals surface area (Å²) >= 11 is 0. The Morgan fingerprint density at radius 2 is 2.06 bits per heavy atom. The molecule has 0 aliphatic carbocycles. The van der Waals surface area contributed by atoms with Crippen molar-refractivity contribution < 1.29 is 13.5 Å².